The number of amidine groups is 1. The summed E-state index contributed by atoms with van der Waals surface area (Å²) < 4.78 is 11.6. The van der Waals surface area contributed by atoms with Crippen molar-refractivity contribution in [2.75, 3.05) is 17.7 Å². The van der Waals surface area contributed by atoms with Crippen LogP contribution in [0.4, 0.5) is 11.4 Å². The summed E-state index contributed by atoms with van der Waals surface area (Å²) in [6.07, 6.45) is 0.101. The van der Waals surface area contributed by atoms with Gasteiger partial charge in [0.2, 0.25) is 5.91 Å². The van der Waals surface area contributed by atoms with Gasteiger partial charge >= 0.3 is 5.97 Å². The van der Waals surface area contributed by atoms with Crippen LogP contribution in [0, 0.1) is 5.41 Å². The first-order valence-corrected chi connectivity index (χ1v) is 12.5. The van der Waals surface area contributed by atoms with E-state index < -0.39 is 12.0 Å². The number of ether oxygens (including phenoxy) is 2. The summed E-state index contributed by atoms with van der Waals surface area (Å²) in [5, 5.41) is 23.6. The second kappa shape index (κ2) is 13.0. The molecule has 0 aliphatic heterocycles. The van der Waals surface area contributed by atoms with Gasteiger partial charge in [0.15, 0.2) is 17.5 Å². The highest BCUT2D eigenvalue weighted by atomic mass is 16.5. The van der Waals surface area contributed by atoms with Gasteiger partial charge in [-0.15, -0.1) is 0 Å². The third-order valence-corrected chi connectivity index (χ3v) is 6.12. The Labute approximate surface area is 232 Å². The largest absolute Gasteiger partial charge is 0.493 e. The van der Waals surface area contributed by atoms with Crippen molar-refractivity contribution in [1.29, 1.82) is 5.41 Å². The highest BCUT2D eigenvalue weighted by molar-refractivity contribution is 5.96. The Hall–Kier alpha value is -5.31. The summed E-state index contributed by atoms with van der Waals surface area (Å²) >= 11 is 0. The maximum atomic E-state index is 13.0. The molecule has 0 fully saturated rings. The number of benzene rings is 4. The fourth-order valence-electron chi connectivity index (χ4n) is 4.09. The van der Waals surface area contributed by atoms with Crippen LogP contribution in [0.2, 0.25) is 0 Å². The van der Waals surface area contributed by atoms with Crippen molar-refractivity contribution in [3.05, 3.63) is 119 Å². The minimum Gasteiger partial charge on any atom is -0.493 e. The lowest BCUT2D eigenvalue weighted by Gasteiger charge is -2.22. The molecule has 1 amide bonds. The number of hydrogen-bond acceptors (Lipinski definition) is 6. The van der Waals surface area contributed by atoms with Gasteiger partial charge in [0.1, 0.15) is 12.4 Å². The smallest absolute Gasteiger partial charge is 0.330 e. The van der Waals surface area contributed by atoms with E-state index in [4.69, 9.17) is 20.6 Å². The summed E-state index contributed by atoms with van der Waals surface area (Å²) in [7, 11) is 1.46. The van der Waals surface area contributed by atoms with Crippen molar-refractivity contribution in [2.45, 2.75) is 19.1 Å². The number of aliphatic carboxylic acids is 1. The number of nitrogens with two attached hydrogens (primary N) is 1. The van der Waals surface area contributed by atoms with Gasteiger partial charge in [-0.25, -0.2) is 4.79 Å². The van der Waals surface area contributed by atoms with Gasteiger partial charge in [-0.05, 0) is 41.5 Å². The molecule has 40 heavy (non-hydrogen) atoms. The molecule has 0 heterocycles. The number of carbonyl (C=O) groups excluding carboxylic acids is 1. The SMILES string of the molecule is COc1cc(C(Nc2ccc(C(=N)N)cc2)C(=O)O)c(NC(=O)Cc2ccccc2)cc1OCc1ccccc1. The second-order valence-electron chi connectivity index (χ2n) is 8.98. The van der Waals surface area contributed by atoms with Crippen LogP contribution in [-0.2, 0) is 22.6 Å². The lowest BCUT2D eigenvalue weighted by atomic mass is 10.0. The van der Waals surface area contributed by atoms with E-state index in [-0.39, 0.29) is 36.0 Å². The topological polar surface area (TPSA) is 147 Å². The van der Waals surface area contributed by atoms with Crippen LogP contribution in [0.1, 0.15) is 28.3 Å². The Bertz CT molecular complexity index is 1480. The van der Waals surface area contributed by atoms with Gasteiger partial charge in [0.05, 0.1) is 19.2 Å². The van der Waals surface area contributed by atoms with Crippen molar-refractivity contribution in [3.8, 4) is 11.5 Å². The molecular formula is C31H30N4O5. The number of nitrogen functional groups attached to an aromatic ring is 1. The van der Waals surface area contributed by atoms with Gasteiger partial charge < -0.3 is 30.9 Å². The molecule has 9 heteroatoms. The molecule has 0 aromatic heterocycles. The minimum atomic E-state index is -1.26. The molecule has 0 aliphatic rings. The van der Waals surface area contributed by atoms with Gasteiger partial charge in [0, 0.05) is 22.9 Å². The second-order valence-corrected chi connectivity index (χ2v) is 8.98. The first-order valence-electron chi connectivity index (χ1n) is 12.5. The highest BCUT2D eigenvalue weighted by Gasteiger charge is 2.26. The number of rotatable bonds is 12. The molecule has 4 aromatic carbocycles. The number of anilines is 2. The van der Waals surface area contributed by atoms with E-state index in [1.54, 1.807) is 36.4 Å². The molecule has 0 bridgehead atoms. The third-order valence-electron chi connectivity index (χ3n) is 6.12. The number of amides is 1. The molecule has 1 atom stereocenters. The molecule has 4 rings (SSSR count). The monoisotopic (exact) mass is 538 g/mol. The first kappa shape index (κ1) is 27.7. The minimum absolute atomic E-state index is 0.0967. The van der Waals surface area contributed by atoms with Gasteiger partial charge in [-0.3, -0.25) is 10.2 Å². The number of nitrogens with one attached hydrogen (secondary N) is 3. The molecule has 9 nitrogen and oxygen atoms in total. The predicted molar refractivity (Wildman–Crippen MR) is 154 cm³/mol. The average molecular weight is 539 g/mol. The van der Waals surface area contributed by atoms with Gasteiger partial charge in [0.25, 0.3) is 0 Å². The maximum absolute atomic E-state index is 13.0. The lowest BCUT2D eigenvalue weighted by molar-refractivity contribution is -0.138. The molecule has 4 aromatic rings. The molecule has 0 radical (unpaired) electrons. The van der Waals surface area contributed by atoms with Crippen molar-refractivity contribution in [3.63, 3.8) is 0 Å². The molecular weight excluding hydrogens is 508 g/mol. The quantitative estimate of drug-likeness (QED) is 0.126. The number of carboxylic acid groups (broad SMARTS) is 1. The molecule has 204 valence electrons. The summed E-state index contributed by atoms with van der Waals surface area (Å²) in [4.78, 5) is 25.6. The molecule has 6 N–H and O–H groups in total. The van der Waals surface area contributed by atoms with Crippen molar-refractivity contribution >= 4 is 29.1 Å². The fourth-order valence-corrected chi connectivity index (χ4v) is 4.09. The Morgan fingerprint density at radius 3 is 2.10 bits per heavy atom. The molecule has 0 saturated heterocycles. The summed E-state index contributed by atoms with van der Waals surface area (Å²) in [6.45, 7) is 0.247. The van der Waals surface area contributed by atoms with Crippen molar-refractivity contribution < 1.29 is 24.2 Å². The number of hydrogen-bond donors (Lipinski definition) is 5. The van der Waals surface area contributed by atoms with Crippen LogP contribution in [0.3, 0.4) is 0 Å². The number of carboxylic acids is 1. The van der Waals surface area contributed by atoms with Crippen LogP contribution >= 0.6 is 0 Å². The Morgan fingerprint density at radius 1 is 0.900 bits per heavy atom. The van der Waals surface area contributed by atoms with Crippen molar-refractivity contribution in [1.82, 2.24) is 0 Å². The Morgan fingerprint density at radius 2 is 1.52 bits per heavy atom. The normalized spacial score (nSPS) is 11.2. The Balaban J connectivity index is 1.69. The maximum Gasteiger partial charge on any atom is 0.330 e. The highest BCUT2D eigenvalue weighted by Crippen LogP contribution is 2.38. The summed E-state index contributed by atoms with van der Waals surface area (Å²) in [5.74, 6) is -0.927. The standard InChI is InChI=1S/C31H30N4O5/c1-39-26-17-24(29(31(37)38)34-23-14-12-22(13-15-23)30(32)33)25(35-28(36)16-20-8-4-2-5-9-20)18-27(26)40-19-21-10-6-3-7-11-21/h2-15,17-18,29,34H,16,19H2,1H3,(H3,32,33)(H,35,36)(H,37,38). The van der Waals surface area contributed by atoms with Crippen LogP contribution in [0.5, 0.6) is 11.5 Å². The molecule has 1 unspecified atom stereocenters. The van der Waals surface area contributed by atoms with E-state index in [2.05, 4.69) is 10.6 Å². The van der Waals surface area contributed by atoms with Gasteiger partial charge in [-0.1, -0.05) is 60.7 Å². The number of carbonyl (C=O) groups is 2. The predicted octanol–water partition coefficient (Wildman–Crippen LogP) is 4.98. The zero-order chi connectivity index (χ0) is 28.5. The molecule has 0 saturated carbocycles. The van der Waals surface area contributed by atoms with E-state index in [1.165, 1.54) is 7.11 Å². The summed E-state index contributed by atoms with van der Waals surface area (Å²) in [5.41, 5.74) is 8.82. The van der Waals surface area contributed by atoms with Crippen LogP contribution < -0.4 is 25.8 Å². The number of methoxy groups -OCH3 is 1. The fraction of sp³-hybridized carbons (Fsp3) is 0.129. The van der Waals surface area contributed by atoms with E-state index in [0.29, 0.717) is 22.7 Å². The molecule has 0 aliphatic carbocycles. The first-order chi connectivity index (χ1) is 19.3. The van der Waals surface area contributed by atoms with Crippen LogP contribution in [0.15, 0.2) is 97.1 Å². The zero-order valence-electron chi connectivity index (χ0n) is 21.9. The summed E-state index contributed by atoms with van der Waals surface area (Å²) in [6, 6.07) is 27.2. The van der Waals surface area contributed by atoms with Crippen LogP contribution in [0.25, 0.3) is 0 Å². The van der Waals surface area contributed by atoms with Gasteiger partial charge in [-0.2, -0.15) is 0 Å². The van der Waals surface area contributed by atoms with Crippen molar-refractivity contribution in [2.24, 2.45) is 5.73 Å². The van der Waals surface area contributed by atoms with E-state index in [1.807, 2.05) is 60.7 Å². The van der Waals surface area contributed by atoms with E-state index in [9.17, 15) is 14.7 Å². The Kier molecular flexibility index (Phi) is 8.99. The van der Waals surface area contributed by atoms with Crippen LogP contribution in [-0.4, -0.2) is 29.9 Å². The van der Waals surface area contributed by atoms with E-state index >= 15 is 0 Å². The average Bonchev–Trinajstić information content (AvgIpc) is 2.96. The third kappa shape index (κ3) is 7.16. The zero-order valence-corrected chi connectivity index (χ0v) is 21.9. The lowest BCUT2D eigenvalue weighted by Crippen LogP contribution is -2.24. The molecule has 0 spiro atoms. The van der Waals surface area contributed by atoms with E-state index in [0.717, 1.165) is 11.1 Å².